The summed E-state index contributed by atoms with van der Waals surface area (Å²) < 4.78 is 0. The minimum atomic E-state index is 0.214. The van der Waals surface area contributed by atoms with Crippen molar-refractivity contribution in [1.82, 2.24) is 0 Å². The summed E-state index contributed by atoms with van der Waals surface area (Å²) in [6.07, 6.45) is 2.41. The van der Waals surface area contributed by atoms with Crippen molar-refractivity contribution < 1.29 is 0 Å². The minimum Gasteiger partial charge on any atom is -0.370 e. The molecule has 22 heavy (non-hydrogen) atoms. The summed E-state index contributed by atoms with van der Waals surface area (Å²) in [7, 11) is 0. The molecular weight excluding hydrogens is 268 g/mol. The fourth-order valence-corrected chi connectivity index (χ4v) is 3.64. The van der Waals surface area contributed by atoms with Gasteiger partial charge in [-0.25, -0.2) is 0 Å². The highest BCUT2D eigenvalue weighted by atomic mass is 15.2. The van der Waals surface area contributed by atoms with Gasteiger partial charge in [0.15, 0.2) is 0 Å². The molecule has 0 radical (unpaired) electrons. The largest absolute Gasteiger partial charge is 0.370 e. The van der Waals surface area contributed by atoms with Gasteiger partial charge in [0.2, 0.25) is 0 Å². The first-order valence-corrected chi connectivity index (χ1v) is 8.66. The lowest BCUT2D eigenvalue weighted by Crippen LogP contribution is -2.47. The Morgan fingerprint density at radius 1 is 1.00 bits per heavy atom. The summed E-state index contributed by atoms with van der Waals surface area (Å²) in [5.41, 5.74) is 9.64. The second kappa shape index (κ2) is 6.23. The molecule has 2 unspecified atom stereocenters. The molecule has 0 saturated carbocycles. The third-order valence-corrected chi connectivity index (χ3v) is 4.57. The Balaban J connectivity index is 2.10. The molecule has 0 amide bonds. The molecule has 0 aliphatic carbocycles. The number of benzene rings is 1. The zero-order valence-electron chi connectivity index (χ0n) is 15.3. The van der Waals surface area contributed by atoms with Crippen molar-refractivity contribution >= 4 is 5.69 Å². The van der Waals surface area contributed by atoms with Gasteiger partial charge in [0.1, 0.15) is 0 Å². The SMILES string of the molecule is CC(C)(C)CC1CC(N)CN(c2ccc(C(C)(C)C)cc2)C1. The molecule has 0 spiro atoms. The monoisotopic (exact) mass is 302 g/mol. The maximum Gasteiger partial charge on any atom is 0.0367 e. The number of anilines is 1. The van der Waals surface area contributed by atoms with Crippen LogP contribution in [0.5, 0.6) is 0 Å². The predicted molar refractivity (Wildman–Crippen MR) is 97.5 cm³/mol. The lowest BCUT2D eigenvalue weighted by Gasteiger charge is -2.40. The van der Waals surface area contributed by atoms with Crippen LogP contribution in [-0.4, -0.2) is 19.1 Å². The molecule has 1 aliphatic heterocycles. The van der Waals surface area contributed by atoms with Crippen molar-refractivity contribution in [3.8, 4) is 0 Å². The van der Waals surface area contributed by atoms with E-state index in [1.54, 1.807) is 0 Å². The van der Waals surface area contributed by atoms with E-state index >= 15 is 0 Å². The summed E-state index contributed by atoms with van der Waals surface area (Å²) in [6, 6.07) is 9.38. The van der Waals surface area contributed by atoms with Gasteiger partial charge in [-0.15, -0.1) is 0 Å². The Labute approximate surface area is 137 Å². The lowest BCUT2D eigenvalue weighted by molar-refractivity contribution is 0.253. The highest BCUT2D eigenvalue weighted by molar-refractivity contribution is 5.49. The van der Waals surface area contributed by atoms with Crippen LogP contribution in [0.25, 0.3) is 0 Å². The molecule has 2 N–H and O–H groups in total. The summed E-state index contributed by atoms with van der Waals surface area (Å²) in [4.78, 5) is 2.48. The smallest absolute Gasteiger partial charge is 0.0367 e. The summed E-state index contributed by atoms with van der Waals surface area (Å²) in [6.45, 7) is 15.9. The average molecular weight is 303 g/mol. The van der Waals surface area contributed by atoms with E-state index in [0.717, 1.165) is 19.5 Å². The average Bonchev–Trinajstić information content (AvgIpc) is 2.35. The van der Waals surface area contributed by atoms with Crippen LogP contribution in [0.15, 0.2) is 24.3 Å². The third-order valence-electron chi connectivity index (χ3n) is 4.57. The van der Waals surface area contributed by atoms with Crippen molar-refractivity contribution in [3.05, 3.63) is 29.8 Å². The first-order valence-electron chi connectivity index (χ1n) is 8.66. The molecule has 2 nitrogen and oxygen atoms in total. The number of hydrogen-bond donors (Lipinski definition) is 1. The molecule has 1 aromatic carbocycles. The van der Waals surface area contributed by atoms with Gasteiger partial charge in [0.25, 0.3) is 0 Å². The van der Waals surface area contributed by atoms with Crippen LogP contribution < -0.4 is 10.6 Å². The van der Waals surface area contributed by atoms with Crippen molar-refractivity contribution in [2.45, 2.75) is 65.8 Å². The van der Waals surface area contributed by atoms with Crippen LogP contribution in [0.1, 0.15) is 59.9 Å². The quantitative estimate of drug-likeness (QED) is 0.867. The van der Waals surface area contributed by atoms with Gasteiger partial charge in [-0.2, -0.15) is 0 Å². The Morgan fingerprint density at radius 2 is 1.59 bits per heavy atom. The van der Waals surface area contributed by atoms with Crippen molar-refractivity contribution in [3.63, 3.8) is 0 Å². The van der Waals surface area contributed by atoms with Gasteiger partial charge in [-0.3, -0.25) is 0 Å². The maximum atomic E-state index is 6.33. The summed E-state index contributed by atoms with van der Waals surface area (Å²) in [5, 5.41) is 0. The predicted octanol–water partition coefficient (Wildman–Crippen LogP) is 4.57. The fraction of sp³-hybridized carbons (Fsp3) is 0.700. The van der Waals surface area contributed by atoms with Crippen LogP contribution >= 0.6 is 0 Å². The van der Waals surface area contributed by atoms with E-state index in [4.69, 9.17) is 5.73 Å². The Kier molecular flexibility index (Phi) is 4.91. The van der Waals surface area contributed by atoms with E-state index < -0.39 is 0 Å². The van der Waals surface area contributed by atoms with E-state index in [0.29, 0.717) is 17.4 Å². The fourth-order valence-electron chi connectivity index (χ4n) is 3.64. The molecule has 2 atom stereocenters. The van der Waals surface area contributed by atoms with Gasteiger partial charge in [0.05, 0.1) is 0 Å². The molecule has 0 aromatic heterocycles. The Bertz CT molecular complexity index is 476. The van der Waals surface area contributed by atoms with Gasteiger partial charge < -0.3 is 10.6 Å². The van der Waals surface area contributed by atoms with Crippen LogP contribution in [0.4, 0.5) is 5.69 Å². The van der Waals surface area contributed by atoms with Crippen LogP contribution in [0, 0.1) is 11.3 Å². The molecule has 1 fully saturated rings. The number of nitrogens with two attached hydrogens (primary N) is 1. The standard InChI is InChI=1S/C20H34N2/c1-19(2,3)12-15-11-17(21)14-22(13-15)18-9-7-16(8-10-18)20(4,5)6/h7-10,15,17H,11-14,21H2,1-6H3. The molecule has 1 saturated heterocycles. The van der Waals surface area contributed by atoms with Crippen LogP contribution in [0.2, 0.25) is 0 Å². The molecule has 1 aromatic rings. The van der Waals surface area contributed by atoms with Crippen molar-refractivity contribution in [2.75, 3.05) is 18.0 Å². The zero-order chi connectivity index (χ0) is 16.5. The number of nitrogens with zero attached hydrogens (tertiary/aromatic N) is 1. The van der Waals surface area contributed by atoms with E-state index in [1.807, 2.05) is 0 Å². The molecule has 124 valence electrons. The molecule has 1 aliphatic rings. The number of hydrogen-bond acceptors (Lipinski definition) is 2. The van der Waals surface area contributed by atoms with E-state index in [1.165, 1.54) is 17.7 Å². The molecule has 1 heterocycles. The van der Waals surface area contributed by atoms with Gasteiger partial charge in [0, 0.05) is 24.8 Å². The molecule has 2 heteroatoms. The second-order valence-electron chi connectivity index (χ2n) is 9.33. The molecule has 0 bridgehead atoms. The van der Waals surface area contributed by atoms with Crippen molar-refractivity contribution in [1.29, 1.82) is 0 Å². The summed E-state index contributed by atoms with van der Waals surface area (Å²) >= 11 is 0. The van der Waals surface area contributed by atoms with Crippen molar-refractivity contribution in [2.24, 2.45) is 17.1 Å². The first-order chi connectivity index (χ1) is 10.0. The van der Waals surface area contributed by atoms with E-state index in [-0.39, 0.29) is 5.41 Å². The third kappa shape index (κ3) is 4.74. The van der Waals surface area contributed by atoms with E-state index in [2.05, 4.69) is 70.7 Å². The van der Waals surface area contributed by atoms with Gasteiger partial charge in [-0.05, 0) is 47.3 Å². The highest BCUT2D eigenvalue weighted by Crippen LogP contribution is 2.32. The Hall–Kier alpha value is -1.02. The highest BCUT2D eigenvalue weighted by Gasteiger charge is 2.28. The maximum absolute atomic E-state index is 6.33. The normalized spacial score (nSPS) is 23.7. The second-order valence-corrected chi connectivity index (χ2v) is 9.33. The lowest BCUT2D eigenvalue weighted by atomic mass is 9.80. The zero-order valence-corrected chi connectivity index (χ0v) is 15.3. The van der Waals surface area contributed by atoms with Crippen LogP contribution in [-0.2, 0) is 5.41 Å². The summed E-state index contributed by atoms with van der Waals surface area (Å²) in [5.74, 6) is 0.700. The van der Waals surface area contributed by atoms with Gasteiger partial charge >= 0.3 is 0 Å². The topological polar surface area (TPSA) is 29.3 Å². The van der Waals surface area contributed by atoms with Gasteiger partial charge in [-0.1, -0.05) is 53.7 Å². The molecule has 2 rings (SSSR count). The number of rotatable bonds is 2. The van der Waals surface area contributed by atoms with Crippen LogP contribution in [0.3, 0.4) is 0 Å². The van der Waals surface area contributed by atoms with E-state index in [9.17, 15) is 0 Å². The Morgan fingerprint density at radius 3 is 2.09 bits per heavy atom. The first kappa shape index (κ1) is 17.3. The number of piperidine rings is 1. The minimum absolute atomic E-state index is 0.214. The molecular formula is C20H34N2.